The summed E-state index contributed by atoms with van der Waals surface area (Å²) in [5, 5.41) is 21.4. The fourth-order valence-electron chi connectivity index (χ4n) is 4.14. The number of benzene rings is 2. The van der Waals surface area contributed by atoms with Crippen molar-refractivity contribution in [2.75, 3.05) is 6.61 Å². The van der Waals surface area contributed by atoms with Crippen molar-refractivity contribution in [1.82, 2.24) is 14.1 Å². The zero-order valence-electron chi connectivity index (χ0n) is 19.6. The average Bonchev–Trinajstić information content (AvgIpc) is 3.38. The summed E-state index contributed by atoms with van der Waals surface area (Å²) in [4.78, 5) is 27.6. The molecule has 35 heavy (non-hydrogen) atoms. The van der Waals surface area contributed by atoms with E-state index in [9.17, 15) is 20.2 Å². The van der Waals surface area contributed by atoms with Crippen molar-refractivity contribution in [3.63, 3.8) is 0 Å². The van der Waals surface area contributed by atoms with Crippen LogP contribution in [0.1, 0.15) is 34.2 Å². The van der Waals surface area contributed by atoms with Crippen LogP contribution in [-0.4, -0.2) is 31.6 Å². The number of carbonyl (C=O) groups is 1. The Morgan fingerprint density at radius 3 is 2.71 bits per heavy atom. The van der Waals surface area contributed by atoms with Crippen molar-refractivity contribution in [3.05, 3.63) is 93.1 Å². The zero-order chi connectivity index (χ0) is 25.1. The number of nitro benzene ring substituents is 1. The lowest BCUT2D eigenvalue weighted by molar-refractivity contribution is -0.385. The predicted octanol–water partition coefficient (Wildman–Crippen LogP) is 5.14. The molecular formula is C26H23N5O4. The van der Waals surface area contributed by atoms with Crippen LogP contribution in [0, 0.1) is 35.3 Å². The number of fused-ring (bicyclic) bond motifs is 1. The average molecular weight is 470 g/mol. The molecule has 0 fully saturated rings. The van der Waals surface area contributed by atoms with Gasteiger partial charge in [0.15, 0.2) is 0 Å². The van der Waals surface area contributed by atoms with Gasteiger partial charge in [0.2, 0.25) is 0 Å². The Morgan fingerprint density at radius 1 is 1.23 bits per heavy atom. The molecule has 0 aliphatic rings. The van der Waals surface area contributed by atoms with Crippen LogP contribution in [0.4, 0.5) is 5.69 Å². The molecule has 0 atom stereocenters. The Balaban J connectivity index is 1.71. The number of esters is 1. The molecule has 2 aromatic heterocycles. The molecule has 2 aromatic carbocycles. The molecule has 0 aliphatic carbocycles. The Hall–Kier alpha value is -4.71. The second-order valence-electron chi connectivity index (χ2n) is 7.98. The Morgan fingerprint density at radius 2 is 2.00 bits per heavy atom. The van der Waals surface area contributed by atoms with Gasteiger partial charge in [0.05, 0.1) is 47.2 Å². The first-order valence-corrected chi connectivity index (χ1v) is 11.0. The number of allylic oxidation sites excluding steroid dienone is 1. The van der Waals surface area contributed by atoms with Gasteiger partial charge in [-0.15, -0.1) is 0 Å². The summed E-state index contributed by atoms with van der Waals surface area (Å²) in [6.45, 7) is 5.89. The molecule has 0 saturated carbocycles. The van der Waals surface area contributed by atoms with Crippen molar-refractivity contribution >= 4 is 28.8 Å². The van der Waals surface area contributed by atoms with Gasteiger partial charge in [0.1, 0.15) is 5.56 Å². The van der Waals surface area contributed by atoms with E-state index in [1.807, 2.05) is 59.4 Å². The summed E-state index contributed by atoms with van der Waals surface area (Å²) in [7, 11) is 0. The minimum Gasteiger partial charge on any atom is -0.462 e. The number of para-hydroxylation sites is 2. The van der Waals surface area contributed by atoms with Crippen LogP contribution < -0.4 is 0 Å². The van der Waals surface area contributed by atoms with Gasteiger partial charge >= 0.3 is 5.97 Å². The SMILES string of the molecule is CCOC(=O)c1ccc(-n2c(C)cc(/C=C(/C#N)Cn3cnc4ccccc43)c2C)cc1[N+](=O)[O-]. The maximum absolute atomic E-state index is 12.1. The molecule has 176 valence electrons. The van der Waals surface area contributed by atoms with Gasteiger partial charge in [-0.3, -0.25) is 10.1 Å². The highest BCUT2D eigenvalue weighted by molar-refractivity contribution is 5.94. The molecule has 4 aromatic rings. The van der Waals surface area contributed by atoms with Crippen molar-refractivity contribution in [2.24, 2.45) is 0 Å². The van der Waals surface area contributed by atoms with Crippen molar-refractivity contribution in [1.29, 1.82) is 5.26 Å². The van der Waals surface area contributed by atoms with Crippen LogP contribution in [0.15, 0.2) is 60.4 Å². The maximum Gasteiger partial charge on any atom is 0.345 e. The van der Waals surface area contributed by atoms with E-state index in [4.69, 9.17) is 4.74 Å². The van der Waals surface area contributed by atoms with Gasteiger partial charge < -0.3 is 13.9 Å². The van der Waals surface area contributed by atoms with Crippen molar-refractivity contribution in [3.8, 4) is 11.8 Å². The molecule has 9 nitrogen and oxygen atoms in total. The predicted molar refractivity (Wildman–Crippen MR) is 131 cm³/mol. The Bertz CT molecular complexity index is 1520. The van der Waals surface area contributed by atoms with Gasteiger partial charge in [0.25, 0.3) is 5.69 Å². The van der Waals surface area contributed by atoms with Gasteiger partial charge in [-0.1, -0.05) is 12.1 Å². The van der Waals surface area contributed by atoms with E-state index >= 15 is 0 Å². The van der Waals surface area contributed by atoms with Gasteiger partial charge in [-0.25, -0.2) is 9.78 Å². The monoisotopic (exact) mass is 469 g/mol. The van der Waals surface area contributed by atoms with Crippen LogP contribution in [0.2, 0.25) is 0 Å². The highest BCUT2D eigenvalue weighted by Gasteiger charge is 2.23. The number of aryl methyl sites for hydroxylation is 1. The second kappa shape index (κ2) is 9.65. The lowest BCUT2D eigenvalue weighted by atomic mass is 10.1. The lowest BCUT2D eigenvalue weighted by Crippen LogP contribution is -2.09. The van der Waals surface area contributed by atoms with Crippen LogP contribution >= 0.6 is 0 Å². The number of ether oxygens (including phenoxy) is 1. The fourth-order valence-corrected chi connectivity index (χ4v) is 4.14. The molecule has 0 spiro atoms. The fraction of sp³-hybridized carbons (Fsp3) is 0.192. The molecule has 0 radical (unpaired) electrons. The van der Waals surface area contributed by atoms with E-state index in [1.165, 1.54) is 12.1 Å². The molecule has 0 N–H and O–H groups in total. The van der Waals surface area contributed by atoms with Crippen molar-refractivity contribution in [2.45, 2.75) is 27.3 Å². The minimum atomic E-state index is -0.735. The molecule has 4 rings (SSSR count). The molecule has 0 aliphatic heterocycles. The summed E-state index contributed by atoms with van der Waals surface area (Å²) in [5.74, 6) is -0.735. The number of rotatable bonds is 7. The number of nitro groups is 1. The van der Waals surface area contributed by atoms with Gasteiger partial charge in [-0.05, 0) is 62.7 Å². The first kappa shape index (κ1) is 23.4. The van der Waals surface area contributed by atoms with Crippen molar-refractivity contribution < 1.29 is 14.5 Å². The van der Waals surface area contributed by atoms with Crippen LogP contribution in [0.25, 0.3) is 22.8 Å². The van der Waals surface area contributed by atoms with Crippen LogP contribution in [0.5, 0.6) is 0 Å². The molecule has 2 heterocycles. The summed E-state index contributed by atoms with van der Waals surface area (Å²) in [6.07, 6.45) is 3.53. The van der Waals surface area contributed by atoms with E-state index in [2.05, 4.69) is 11.1 Å². The van der Waals surface area contributed by atoms with Crippen LogP contribution in [0.3, 0.4) is 0 Å². The topological polar surface area (TPSA) is 116 Å². The summed E-state index contributed by atoms with van der Waals surface area (Å²) in [6, 6.07) is 16.3. The summed E-state index contributed by atoms with van der Waals surface area (Å²) in [5.41, 5.74) is 4.92. The normalized spacial score (nSPS) is 11.4. The maximum atomic E-state index is 12.1. The molecule has 0 saturated heterocycles. The number of carbonyl (C=O) groups excluding carboxylic acids is 1. The minimum absolute atomic E-state index is 0.0949. The largest absolute Gasteiger partial charge is 0.462 e. The van der Waals surface area contributed by atoms with E-state index in [0.29, 0.717) is 17.8 Å². The third-order valence-corrected chi connectivity index (χ3v) is 5.74. The second-order valence-corrected chi connectivity index (χ2v) is 7.98. The summed E-state index contributed by atoms with van der Waals surface area (Å²) >= 11 is 0. The summed E-state index contributed by atoms with van der Waals surface area (Å²) < 4.78 is 8.72. The third-order valence-electron chi connectivity index (χ3n) is 5.74. The number of aromatic nitrogens is 3. The molecule has 0 unspecified atom stereocenters. The Labute approximate surface area is 201 Å². The Kier molecular flexibility index (Phi) is 6.46. The molecular weight excluding hydrogens is 446 g/mol. The number of nitriles is 1. The van der Waals surface area contributed by atoms with E-state index in [-0.39, 0.29) is 17.9 Å². The lowest BCUT2D eigenvalue weighted by Gasteiger charge is -2.11. The number of hydrogen-bond acceptors (Lipinski definition) is 6. The quantitative estimate of drug-likeness (QED) is 0.160. The molecule has 0 amide bonds. The van der Waals surface area contributed by atoms with Gasteiger partial charge in [-0.2, -0.15) is 5.26 Å². The standard InChI is InChI=1S/C26H23N5O4/c1-4-35-26(32)22-10-9-21(13-25(22)31(33)34)30-17(2)11-20(18(30)3)12-19(14-27)15-29-16-28-23-7-5-6-8-24(23)29/h5-13,16H,4,15H2,1-3H3/b19-12-. The van der Waals surface area contributed by atoms with E-state index < -0.39 is 10.9 Å². The number of nitrogens with zero attached hydrogens (tertiary/aromatic N) is 5. The van der Waals surface area contributed by atoms with E-state index in [1.54, 1.807) is 19.3 Å². The number of hydrogen-bond donors (Lipinski definition) is 0. The highest BCUT2D eigenvalue weighted by atomic mass is 16.6. The highest BCUT2D eigenvalue weighted by Crippen LogP contribution is 2.28. The van der Waals surface area contributed by atoms with Crippen LogP contribution in [-0.2, 0) is 11.3 Å². The molecule has 0 bridgehead atoms. The van der Waals surface area contributed by atoms with E-state index in [0.717, 1.165) is 28.0 Å². The number of imidazole rings is 1. The first-order chi connectivity index (χ1) is 16.8. The smallest absolute Gasteiger partial charge is 0.345 e. The molecule has 9 heteroatoms. The first-order valence-electron chi connectivity index (χ1n) is 11.0. The zero-order valence-corrected chi connectivity index (χ0v) is 19.6. The van der Waals surface area contributed by atoms with Gasteiger partial charge in [0, 0.05) is 23.0 Å². The third kappa shape index (κ3) is 4.54.